The molecule has 7 heteroatoms. The Morgan fingerprint density at radius 1 is 1.07 bits per heavy atom. The number of hydrogen-bond acceptors (Lipinski definition) is 6. The molecule has 0 bridgehead atoms. The second-order valence-electron chi connectivity index (χ2n) is 7.01. The van der Waals surface area contributed by atoms with Crippen LogP contribution in [-0.4, -0.2) is 47.1 Å². The summed E-state index contributed by atoms with van der Waals surface area (Å²) in [4.78, 5) is 19.2. The molecule has 4 rings (SSSR count). The molecule has 1 amide bonds. The van der Waals surface area contributed by atoms with Crippen molar-refractivity contribution in [3.05, 3.63) is 60.5 Å². The summed E-state index contributed by atoms with van der Waals surface area (Å²) in [5.41, 5.74) is 2.83. The Balaban J connectivity index is 1.46. The normalized spacial score (nSPS) is 15.3. The molecule has 0 saturated carbocycles. The molecule has 0 radical (unpaired) electrons. The number of hydrogen-bond donors (Lipinski definition) is 2. The number of anilines is 2. The van der Waals surface area contributed by atoms with E-state index in [4.69, 9.17) is 4.52 Å². The van der Waals surface area contributed by atoms with Crippen LogP contribution in [0.15, 0.2) is 59.3 Å². The molecule has 28 heavy (non-hydrogen) atoms. The molecule has 3 heterocycles. The Hall–Kier alpha value is -3.19. The summed E-state index contributed by atoms with van der Waals surface area (Å²) in [7, 11) is 2.14. The Morgan fingerprint density at radius 3 is 2.57 bits per heavy atom. The first-order valence-electron chi connectivity index (χ1n) is 9.42. The maximum Gasteiger partial charge on any atom is 0.294 e. The van der Waals surface area contributed by atoms with Crippen LogP contribution in [0.4, 0.5) is 11.4 Å². The molecule has 0 spiro atoms. The zero-order valence-corrected chi connectivity index (χ0v) is 15.8. The van der Waals surface area contributed by atoms with Crippen LogP contribution in [-0.2, 0) is 0 Å². The standard InChI is InChI=1S/C21H23N5O2/c1-26-12-9-15(10-13-26)23-17-7-2-3-8-18(17)24-21(27)20-14-19(25-28-20)16-6-4-5-11-22-16/h2-8,11,14-15,23H,9-10,12-13H2,1H3,(H,24,27). The Morgan fingerprint density at radius 2 is 1.82 bits per heavy atom. The number of amides is 1. The molecule has 7 nitrogen and oxygen atoms in total. The van der Waals surface area contributed by atoms with Gasteiger partial charge in [-0.1, -0.05) is 23.4 Å². The number of piperidine rings is 1. The number of carbonyl (C=O) groups is 1. The molecule has 3 aromatic rings. The topological polar surface area (TPSA) is 83.3 Å². The van der Waals surface area contributed by atoms with Crippen molar-refractivity contribution in [1.82, 2.24) is 15.0 Å². The van der Waals surface area contributed by atoms with Gasteiger partial charge in [-0.15, -0.1) is 0 Å². The highest BCUT2D eigenvalue weighted by atomic mass is 16.5. The van der Waals surface area contributed by atoms with Gasteiger partial charge in [-0.05, 0) is 57.2 Å². The Bertz CT molecular complexity index is 933. The van der Waals surface area contributed by atoms with E-state index in [0.29, 0.717) is 17.4 Å². The van der Waals surface area contributed by atoms with Gasteiger partial charge in [0.1, 0.15) is 5.69 Å². The van der Waals surface area contributed by atoms with Crippen LogP contribution in [0.1, 0.15) is 23.4 Å². The first-order valence-corrected chi connectivity index (χ1v) is 9.42. The summed E-state index contributed by atoms with van der Waals surface area (Å²) < 4.78 is 5.23. The number of benzene rings is 1. The van der Waals surface area contributed by atoms with Crippen molar-refractivity contribution >= 4 is 17.3 Å². The predicted molar refractivity (Wildman–Crippen MR) is 108 cm³/mol. The smallest absolute Gasteiger partial charge is 0.294 e. The zero-order chi connectivity index (χ0) is 19.3. The average Bonchev–Trinajstić information content (AvgIpc) is 3.22. The summed E-state index contributed by atoms with van der Waals surface area (Å²) in [6.07, 6.45) is 3.83. The highest BCUT2D eigenvalue weighted by molar-refractivity contribution is 6.04. The fourth-order valence-electron chi connectivity index (χ4n) is 3.29. The van der Waals surface area contributed by atoms with Crippen LogP contribution in [0.3, 0.4) is 0 Å². The van der Waals surface area contributed by atoms with E-state index in [0.717, 1.165) is 37.3 Å². The van der Waals surface area contributed by atoms with E-state index in [1.54, 1.807) is 12.3 Å². The van der Waals surface area contributed by atoms with Gasteiger partial charge in [0.2, 0.25) is 5.76 Å². The first-order chi connectivity index (χ1) is 13.7. The molecule has 2 aromatic heterocycles. The van der Waals surface area contributed by atoms with Crippen molar-refractivity contribution in [2.24, 2.45) is 0 Å². The molecule has 1 saturated heterocycles. The molecule has 1 aromatic carbocycles. The molecule has 0 unspecified atom stereocenters. The molecule has 2 N–H and O–H groups in total. The van der Waals surface area contributed by atoms with Gasteiger partial charge < -0.3 is 20.1 Å². The monoisotopic (exact) mass is 377 g/mol. The van der Waals surface area contributed by atoms with Crippen molar-refractivity contribution in [3.8, 4) is 11.4 Å². The second kappa shape index (κ2) is 8.22. The van der Waals surface area contributed by atoms with E-state index >= 15 is 0 Å². The van der Waals surface area contributed by atoms with E-state index in [1.807, 2.05) is 42.5 Å². The van der Waals surface area contributed by atoms with Crippen molar-refractivity contribution in [1.29, 1.82) is 0 Å². The van der Waals surface area contributed by atoms with E-state index in [2.05, 4.69) is 32.7 Å². The van der Waals surface area contributed by atoms with Gasteiger partial charge in [-0.25, -0.2) is 0 Å². The number of likely N-dealkylation sites (tertiary alicyclic amines) is 1. The number of pyridine rings is 1. The molecule has 144 valence electrons. The van der Waals surface area contributed by atoms with E-state index in [-0.39, 0.29) is 11.7 Å². The summed E-state index contributed by atoms with van der Waals surface area (Å²) in [6, 6.07) is 15.2. The van der Waals surface area contributed by atoms with Gasteiger partial charge in [0.05, 0.1) is 17.1 Å². The Kier molecular flexibility index (Phi) is 5.34. The van der Waals surface area contributed by atoms with Gasteiger partial charge in [0.25, 0.3) is 5.91 Å². The number of nitrogens with zero attached hydrogens (tertiary/aromatic N) is 3. The zero-order valence-electron chi connectivity index (χ0n) is 15.8. The highest BCUT2D eigenvalue weighted by Gasteiger charge is 2.19. The van der Waals surface area contributed by atoms with Crippen molar-refractivity contribution in [3.63, 3.8) is 0 Å². The van der Waals surface area contributed by atoms with Crippen LogP contribution < -0.4 is 10.6 Å². The average molecular weight is 377 g/mol. The third kappa shape index (κ3) is 4.20. The molecular formula is C21H23N5O2. The van der Waals surface area contributed by atoms with Gasteiger partial charge >= 0.3 is 0 Å². The summed E-state index contributed by atoms with van der Waals surface area (Å²) in [5, 5.41) is 10.4. The van der Waals surface area contributed by atoms with E-state index in [1.165, 1.54) is 0 Å². The van der Waals surface area contributed by atoms with Crippen LogP contribution >= 0.6 is 0 Å². The fraction of sp³-hybridized carbons (Fsp3) is 0.286. The summed E-state index contributed by atoms with van der Waals surface area (Å²) in [6.45, 7) is 2.14. The third-order valence-electron chi connectivity index (χ3n) is 4.91. The molecule has 1 fully saturated rings. The summed E-state index contributed by atoms with van der Waals surface area (Å²) in [5.74, 6) is -0.193. The minimum absolute atomic E-state index is 0.148. The lowest BCUT2D eigenvalue weighted by molar-refractivity contribution is 0.0988. The van der Waals surface area contributed by atoms with Crippen molar-refractivity contribution in [2.45, 2.75) is 18.9 Å². The lowest BCUT2D eigenvalue weighted by Crippen LogP contribution is -2.36. The Labute approximate surface area is 163 Å². The fourth-order valence-corrected chi connectivity index (χ4v) is 3.29. The van der Waals surface area contributed by atoms with Crippen LogP contribution in [0.5, 0.6) is 0 Å². The lowest BCUT2D eigenvalue weighted by atomic mass is 10.0. The van der Waals surface area contributed by atoms with Gasteiger partial charge in [0.15, 0.2) is 0 Å². The van der Waals surface area contributed by atoms with Gasteiger partial charge in [-0.2, -0.15) is 0 Å². The molecule has 0 aliphatic carbocycles. The molecule has 0 atom stereocenters. The number of carbonyl (C=O) groups excluding carboxylic acids is 1. The number of nitrogens with one attached hydrogen (secondary N) is 2. The lowest BCUT2D eigenvalue weighted by Gasteiger charge is -2.30. The second-order valence-corrected chi connectivity index (χ2v) is 7.01. The predicted octanol–water partition coefficient (Wildman–Crippen LogP) is 3.50. The maximum absolute atomic E-state index is 12.6. The maximum atomic E-state index is 12.6. The van der Waals surface area contributed by atoms with E-state index < -0.39 is 0 Å². The SMILES string of the molecule is CN1CCC(Nc2ccccc2NC(=O)c2cc(-c3ccccn3)no2)CC1. The number of aromatic nitrogens is 2. The number of rotatable bonds is 5. The van der Waals surface area contributed by atoms with E-state index in [9.17, 15) is 4.79 Å². The van der Waals surface area contributed by atoms with Crippen LogP contribution in [0.25, 0.3) is 11.4 Å². The third-order valence-corrected chi connectivity index (χ3v) is 4.91. The van der Waals surface area contributed by atoms with Crippen LogP contribution in [0.2, 0.25) is 0 Å². The van der Waals surface area contributed by atoms with Crippen molar-refractivity contribution in [2.75, 3.05) is 30.8 Å². The summed E-state index contributed by atoms with van der Waals surface area (Å²) >= 11 is 0. The molecule has 1 aliphatic rings. The molecular weight excluding hydrogens is 354 g/mol. The van der Waals surface area contributed by atoms with Gasteiger partial charge in [-0.3, -0.25) is 9.78 Å². The largest absolute Gasteiger partial charge is 0.381 e. The van der Waals surface area contributed by atoms with Crippen molar-refractivity contribution < 1.29 is 9.32 Å². The molecule has 1 aliphatic heterocycles. The minimum atomic E-state index is -0.340. The van der Waals surface area contributed by atoms with Gasteiger partial charge in [0, 0.05) is 18.3 Å². The first kappa shape index (κ1) is 18.2. The van der Waals surface area contributed by atoms with Crippen LogP contribution in [0, 0.1) is 0 Å². The number of para-hydroxylation sites is 2. The minimum Gasteiger partial charge on any atom is -0.381 e. The quantitative estimate of drug-likeness (QED) is 0.708. The highest BCUT2D eigenvalue weighted by Crippen LogP contribution is 2.25.